The number of aromatic nitrogens is 6. The lowest BCUT2D eigenvalue weighted by Crippen LogP contribution is -1.96. The lowest BCUT2D eigenvalue weighted by molar-refractivity contribution is 0.630. The fraction of sp³-hybridized carbons (Fsp3) is 0.0909. The van der Waals surface area contributed by atoms with Crippen LogP contribution in [0.25, 0.3) is 17.1 Å². The molecule has 0 atom stereocenters. The van der Waals surface area contributed by atoms with Gasteiger partial charge in [-0.05, 0) is 23.4 Å². The summed E-state index contributed by atoms with van der Waals surface area (Å²) < 4.78 is 2.58. The van der Waals surface area contributed by atoms with Crippen LogP contribution in [-0.4, -0.2) is 30.0 Å². The molecule has 0 saturated carbocycles. The van der Waals surface area contributed by atoms with Crippen molar-refractivity contribution in [2.45, 2.75) is 0 Å². The first-order valence-electron chi connectivity index (χ1n) is 5.39. The third kappa shape index (κ3) is 2.26. The van der Waals surface area contributed by atoms with E-state index in [0.29, 0.717) is 16.5 Å². The van der Waals surface area contributed by atoms with Crippen LogP contribution >= 0.6 is 27.5 Å². The van der Waals surface area contributed by atoms with Gasteiger partial charge >= 0.3 is 0 Å². The molecule has 0 unspecified atom stereocenters. The average Bonchev–Trinajstić information content (AvgIpc) is 2.95. The van der Waals surface area contributed by atoms with Gasteiger partial charge in [0.1, 0.15) is 5.15 Å². The zero-order valence-electron chi connectivity index (χ0n) is 9.83. The second kappa shape index (κ2) is 4.75. The maximum Gasteiger partial charge on any atom is 0.209 e. The van der Waals surface area contributed by atoms with Crippen molar-refractivity contribution >= 4 is 27.5 Å². The summed E-state index contributed by atoms with van der Waals surface area (Å²) in [5.74, 6) is 0.453. The van der Waals surface area contributed by atoms with E-state index in [1.807, 2.05) is 24.3 Å². The first-order chi connectivity index (χ1) is 9.15. The Morgan fingerprint density at radius 3 is 2.84 bits per heavy atom. The van der Waals surface area contributed by atoms with Gasteiger partial charge in [0.2, 0.25) is 5.82 Å². The SMILES string of the molecule is Cn1nnc(-c2cnn(-c3cccc(Br)c3)c2Cl)n1. The van der Waals surface area contributed by atoms with Gasteiger partial charge in [-0.2, -0.15) is 9.90 Å². The van der Waals surface area contributed by atoms with Crippen molar-refractivity contribution in [1.29, 1.82) is 0 Å². The normalized spacial score (nSPS) is 10.9. The van der Waals surface area contributed by atoms with Crippen molar-refractivity contribution in [3.63, 3.8) is 0 Å². The van der Waals surface area contributed by atoms with Crippen molar-refractivity contribution in [3.8, 4) is 17.1 Å². The molecule has 8 heteroatoms. The largest absolute Gasteiger partial charge is 0.221 e. The lowest BCUT2D eigenvalue weighted by Gasteiger charge is -2.03. The summed E-state index contributed by atoms with van der Waals surface area (Å²) in [6.07, 6.45) is 1.63. The van der Waals surface area contributed by atoms with Crippen molar-refractivity contribution in [1.82, 2.24) is 30.0 Å². The van der Waals surface area contributed by atoms with Crippen molar-refractivity contribution in [2.75, 3.05) is 0 Å². The summed E-state index contributed by atoms with van der Waals surface area (Å²) in [6.45, 7) is 0. The van der Waals surface area contributed by atoms with Crippen molar-refractivity contribution < 1.29 is 0 Å². The second-order valence-corrected chi connectivity index (χ2v) is 5.12. The summed E-state index contributed by atoms with van der Waals surface area (Å²) in [7, 11) is 1.70. The van der Waals surface area contributed by atoms with E-state index in [4.69, 9.17) is 11.6 Å². The average molecular weight is 340 g/mol. The van der Waals surface area contributed by atoms with Crippen LogP contribution in [-0.2, 0) is 7.05 Å². The third-order valence-corrected chi connectivity index (χ3v) is 3.37. The van der Waals surface area contributed by atoms with Gasteiger partial charge < -0.3 is 0 Å². The highest BCUT2D eigenvalue weighted by atomic mass is 79.9. The minimum absolute atomic E-state index is 0.450. The number of nitrogens with zero attached hydrogens (tertiary/aromatic N) is 6. The number of rotatable bonds is 2. The molecule has 2 heterocycles. The highest BCUT2D eigenvalue weighted by molar-refractivity contribution is 9.10. The standard InChI is InChI=1S/C11H8BrClN6/c1-18-16-11(15-17-18)9-6-14-19(10(9)13)8-4-2-3-7(12)5-8/h2-6H,1H3. The zero-order valence-corrected chi connectivity index (χ0v) is 12.2. The molecular formula is C11H8BrClN6. The number of tetrazole rings is 1. The lowest BCUT2D eigenvalue weighted by atomic mass is 10.3. The van der Waals surface area contributed by atoms with Gasteiger partial charge in [0, 0.05) is 4.47 Å². The monoisotopic (exact) mass is 338 g/mol. The molecule has 0 aliphatic carbocycles. The molecule has 2 aromatic heterocycles. The molecule has 1 aromatic carbocycles. The number of aryl methyl sites for hydroxylation is 1. The van der Waals surface area contributed by atoms with Crippen LogP contribution in [0.15, 0.2) is 34.9 Å². The summed E-state index contributed by atoms with van der Waals surface area (Å²) in [5.41, 5.74) is 1.50. The van der Waals surface area contributed by atoms with Gasteiger partial charge in [-0.15, -0.1) is 10.2 Å². The Kier molecular flexibility index (Phi) is 3.08. The van der Waals surface area contributed by atoms with E-state index < -0.39 is 0 Å². The van der Waals surface area contributed by atoms with Gasteiger partial charge in [0.25, 0.3) is 0 Å². The van der Waals surface area contributed by atoms with E-state index in [0.717, 1.165) is 10.2 Å². The summed E-state index contributed by atoms with van der Waals surface area (Å²) >= 11 is 9.74. The van der Waals surface area contributed by atoms with Crippen LogP contribution in [0, 0.1) is 0 Å². The first-order valence-corrected chi connectivity index (χ1v) is 6.56. The Balaban J connectivity index is 2.08. The summed E-state index contributed by atoms with van der Waals surface area (Å²) in [6, 6.07) is 7.69. The van der Waals surface area contributed by atoms with Crippen molar-refractivity contribution in [3.05, 3.63) is 40.1 Å². The maximum absolute atomic E-state index is 6.32. The minimum atomic E-state index is 0.450. The molecule has 0 aliphatic heterocycles. The van der Waals surface area contributed by atoms with Gasteiger partial charge in [0.15, 0.2) is 0 Å². The molecule has 0 bridgehead atoms. The van der Waals surface area contributed by atoms with Crippen LogP contribution in [0.1, 0.15) is 0 Å². The molecule has 19 heavy (non-hydrogen) atoms. The molecule has 0 spiro atoms. The van der Waals surface area contributed by atoms with Gasteiger partial charge in [-0.25, -0.2) is 4.68 Å². The van der Waals surface area contributed by atoms with E-state index in [1.54, 1.807) is 17.9 Å². The smallest absolute Gasteiger partial charge is 0.209 e. The highest BCUT2D eigenvalue weighted by Gasteiger charge is 2.15. The molecular weight excluding hydrogens is 332 g/mol. The summed E-state index contributed by atoms with van der Waals surface area (Å²) in [4.78, 5) is 1.38. The predicted octanol–water partition coefficient (Wildman–Crippen LogP) is 2.48. The Hall–Kier alpha value is -1.73. The third-order valence-electron chi connectivity index (χ3n) is 2.51. The molecule has 3 rings (SSSR count). The number of halogens is 2. The maximum atomic E-state index is 6.32. The van der Waals surface area contributed by atoms with E-state index in [1.165, 1.54) is 4.80 Å². The molecule has 0 saturated heterocycles. The second-order valence-electron chi connectivity index (χ2n) is 3.84. The fourth-order valence-corrected chi connectivity index (χ4v) is 2.32. The minimum Gasteiger partial charge on any atom is -0.221 e. The molecule has 3 aromatic rings. The Bertz CT molecular complexity index is 734. The Morgan fingerprint density at radius 1 is 1.32 bits per heavy atom. The van der Waals surface area contributed by atoms with E-state index in [-0.39, 0.29) is 0 Å². The molecule has 0 amide bonds. The summed E-state index contributed by atoms with van der Waals surface area (Å²) in [5, 5.41) is 16.5. The number of hydrogen-bond acceptors (Lipinski definition) is 4. The van der Waals surface area contributed by atoms with E-state index in [2.05, 4.69) is 36.4 Å². The van der Waals surface area contributed by atoms with Crippen LogP contribution in [0.4, 0.5) is 0 Å². The molecule has 0 N–H and O–H groups in total. The molecule has 0 aliphatic rings. The van der Waals surface area contributed by atoms with Gasteiger partial charge in [-0.3, -0.25) is 0 Å². The van der Waals surface area contributed by atoms with Crippen LogP contribution in [0.3, 0.4) is 0 Å². The molecule has 0 fully saturated rings. The van der Waals surface area contributed by atoms with Crippen LogP contribution in [0.5, 0.6) is 0 Å². The first kappa shape index (κ1) is 12.3. The van der Waals surface area contributed by atoms with E-state index >= 15 is 0 Å². The number of benzene rings is 1. The topological polar surface area (TPSA) is 61.4 Å². The van der Waals surface area contributed by atoms with Crippen molar-refractivity contribution in [2.24, 2.45) is 7.05 Å². The van der Waals surface area contributed by atoms with E-state index in [9.17, 15) is 0 Å². The number of hydrogen-bond donors (Lipinski definition) is 0. The fourth-order valence-electron chi connectivity index (χ4n) is 1.66. The molecule has 0 radical (unpaired) electrons. The van der Waals surface area contributed by atoms with Crippen LogP contribution in [0.2, 0.25) is 5.15 Å². The zero-order chi connectivity index (χ0) is 13.4. The molecule has 96 valence electrons. The predicted molar refractivity (Wildman–Crippen MR) is 74.1 cm³/mol. The molecule has 6 nitrogen and oxygen atoms in total. The van der Waals surface area contributed by atoms with Gasteiger partial charge in [0.05, 0.1) is 24.5 Å². The van der Waals surface area contributed by atoms with Crippen LogP contribution < -0.4 is 0 Å². The Morgan fingerprint density at radius 2 is 2.16 bits per heavy atom. The highest BCUT2D eigenvalue weighted by Crippen LogP contribution is 2.27. The van der Waals surface area contributed by atoms with Gasteiger partial charge in [-0.1, -0.05) is 33.6 Å². The Labute approximate surface area is 122 Å². The quantitative estimate of drug-likeness (QED) is 0.719.